The number of sulfonamides is 1. The van der Waals surface area contributed by atoms with Crippen LogP contribution >= 0.6 is 11.3 Å². The van der Waals surface area contributed by atoms with E-state index in [4.69, 9.17) is 0 Å². The van der Waals surface area contributed by atoms with Gasteiger partial charge in [0.05, 0.1) is 20.8 Å². The molecule has 0 aliphatic carbocycles. The molecular formula is C20H23N3O3S2. The summed E-state index contributed by atoms with van der Waals surface area (Å²) in [5.41, 5.74) is 3.74. The molecule has 28 heavy (non-hydrogen) atoms. The van der Waals surface area contributed by atoms with Gasteiger partial charge in [0.25, 0.3) is 10.0 Å². The summed E-state index contributed by atoms with van der Waals surface area (Å²) < 4.78 is 29.2. The Labute approximate surface area is 169 Å². The number of carbonyl (C=O) groups excluding carboxylic acids is 1. The molecule has 0 aliphatic heterocycles. The Bertz CT molecular complexity index is 1150. The lowest BCUT2D eigenvalue weighted by Gasteiger charge is -2.12. The highest BCUT2D eigenvalue weighted by molar-refractivity contribution is 7.92. The SMILES string of the molecule is CCCC(=O)Nc1nc2cc(NS(=O)(=O)c3cc(C)c(C)cc3C)ccc2s1. The van der Waals surface area contributed by atoms with Crippen LogP contribution in [0.5, 0.6) is 0 Å². The fourth-order valence-electron chi connectivity index (χ4n) is 2.89. The quantitative estimate of drug-likeness (QED) is 0.605. The number of hydrogen-bond acceptors (Lipinski definition) is 5. The summed E-state index contributed by atoms with van der Waals surface area (Å²) in [7, 11) is -3.72. The topological polar surface area (TPSA) is 88.2 Å². The van der Waals surface area contributed by atoms with Gasteiger partial charge in [0, 0.05) is 6.42 Å². The van der Waals surface area contributed by atoms with Crippen LogP contribution in [0.1, 0.15) is 36.5 Å². The lowest BCUT2D eigenvalue weighted by atomic mass is 10.1. The number of rotatable bonds is 6. The van der Waals surface area contributed by atoms with Crippen molar-refractivity contribution in [2.24, 2.45) is 0 Å². The summed E-state index contributed by atoms with van der Waals surface area (Å²) in [6.45, 7) is 7.58. The lowest BCUT2D eigenvalue weighted by Crippen LogP contribution is -2.14. The van der Waals surface area contributed by atoms with Crippen LogP contribution in [0.25, 0.3) is 10.2 Å². The zero-order chi connectivity index (χ0) is 20.5. The molecule has 3 rings (SSSR count). The summed E-state index contributed by atoms with van der Waals surface area (Å²) in [5.74, 6) is -0.0762. The Morgan fingerprint density at radius 2 is 1.79 bits per heavy atom. The largest absolute Gasteiger partial charge is 0.302 e. The van der Waals surface area contributed by atoms with Crippen LogP contribution in [0.3, 0.4) is 0 Å². The Morgan fingerprint density at radius 3 is 2.50 bits per heavy atom. The van der Waals surface area contributed by atoms with Crippen LogP contribution < -0.4 is 10.0 Å². The third kappa shape index (κ3) is 4.34. The minimum Gasteiger partial charge on any atom is -0.302 e. The van der Waals surface area contributed by atoms with Crippen molar-refractivity contribution in [2.45, 2.75) is 45.4 Å². The van der Waals surface area contributed by atoms with Crippen molar-refractivity contribution in [1.29, 1.82) is 0 Å². The maximum absolute atomic E-state index is 12.9. The second kappa shape index (κ2) is 7.89. The molecule has 1 amide bonds. The molecule has 2 aromatic carbocycles. The molecule has 8 heteroatoms. The number of thiazole rings is 1. The Kier molecular flexibility index (Phi) is 5.71. The normalized spacial score (nSPS) is 11.6. The van der Waals surface area contributed by atoms with Crippen molar-refractivity contribution in [1.82, 2.24) is 4.98 Å². The van der Waals surface area contributed by atoms with Gasteiger partial charge in [0.15, 0.2) is 5.13 Å². The molecule has 1 aromatic heterocycles. The highest BCUT2D eigenvalue weighted by Crippen LogP contribution is 2.30. The molecule has 2 N–H and O–H groups in total. The zero-order valence-electron chi connectivity index (χ0n) is 16.3. The lowest BCUT2D eigenvalue weighted by molar-refractivity contribution is -0.116. The average Bonchev–Trinajstić information content (AvgIpc) is 2.99. The number of amides is 1. The first kappa shape index (κ1) is 20.3. The monoisotopic (exact) mass is 417 g/mol. The predicted octanol–water partition coefficient (Wildman–Crippen LogP) is 4.76. The number of fused-ring (bicyclic) bond motifs is 1. The van der Waals surface area contributed by atoms with Gasteiger partial charge in [-0.3, -0.25) is 9.52 Å². The number of aromatic nitrogens is 1. The van der Waals surface area contributed by atoms with Crippen LogP contribution in [-0.4, -0.2) is 19.3 Å². The molecule has 3 aromatic rings. The van der Waals surface area contributed by atoms with Crippen molar-refractivity contribution in [3.63, 3.8) is 0 Å². The smallest absolute Gasteiger partial charge is 0.262 e. The molecular weight excluding hydrogens is 394 g/mol. The van der Waals surface area contributed by atoms with Crippen molar-refractivity contribution in [3.05, 3.63) is 47.0 Å². The van der Waals surface area contributed by atoms with E-state index in [1.165, 1.54) is 11.3 Å². The second-order valence-corrected chi connectivity index (χ2v) is 9.49. The summed E-state index contributed by atoms with van der Waals surface area (Å²) in [4.78, 5) is 16.4. The number of nitrogens with one attached hydrogen (secondary N) is 2. The van der Waals surface area contributed by atoms with Gasteiger partial charge in [-0.25, -0.2) is 13.4 Å². The third-order valence-electron chi connectivity index (χ3n) is 4.44. The first-order valence-electron chi connectivity index (χ1n) is 9.00. The second-order valence-electron chi connectivity index (χ2n) is 6.81. The standard InChI is InChI=1S/C20H23N3O3S2/c1-5-6-19(24)22-20-21-16-11-15(7-8-17(16)27-20)23-28(25,26)18-10-13(3)12(2)9-14(18)4/h7-11,23H,5-6H2,1-4H3,(H,21,22,24). The highest BCUT2D eigenvalue weighted by atomic mass is 32.2. The molecule has 0 unspecified atom stereocenters. The fourth-order valence-corrected chi connectivity index (χ4v) is 5.11. The summed E-state index contributed by atoms with van der Waals surface area (Å²) >= 11 is 1.36. The average molecular weight is 418 g/mol. The summed E-state index contributed by atoms with van der Waals surface area (Å²) in [6, 6.07) is 8.74. The number of aryl methyl sites for hydroxylation is 3. The Hall–Kier alpha value is -2.45. The van der Waals surface area contributed by atoms with Crippen LogP contribution in [0.15, 0.2) is 35.2 Å². The maximum atomic E-state index is 12.9. The molecule has 0 spiro atoms. The van der Waals surface area contributed by atoms with E-state index in [-0.39, 0.29) is 10.8 Å². The van der Waals surface area contributed by atoms with Crippen molar-refractivity contribution < 1.29 is 13.2 Å². The predicted molar refractivity (Wildman–Crippen MR) is 115 cm³/mol. The molecule has 0 radical (unpaired) electrons. The third-order valence-corrected chi connectivity index (χ3v) is 6.92. The van der Waals surface area contributed by atoms with Crippen LogP contribution in [0, 0.1) is 20.8 Å². The number of hydrogen-bond donors (Lipinski definition) is 2. The van der Waals surface area contributed by atoms with E-state index in [0.29, 0.717) is 28.3 Å². The molecule has 1 heterocycles. The molecule has 0 saturated heterocycles. The van der Waals surface area contributed by atoms with E-state index in [1.54, 1.807) is 31.2 Å². The minimum atomic E-state index is -3.72. The van der Waals surface area contributed by atoms with Gasteiger partial charge in [-0.05, 0) is 68.1 Å². The number of benzene rings is 2. The number of nitrogens with zero attached hydrogens (tertiary/aromatic N) is 1. The van der Waals surface area contributed by atoms with Gasteiger partial charge in [0.2, 0.25) is 5.91 Å². The van der Waals surface area contributed by atoms with Gasteiger partial charge in [-0.2, -0.15) is 0 Å². The van der Waals surface area contributed by atoms with Gasteiger partial charge in [0.1, 0.15) is 0 Å². The molecule has 0 bridgehead atoms. The zero-order valence-corrected chi connectivity index (χ0v) is 17.9. The first-order chi connectivity index (χ1) is 13.2. The van der Waals surface area contributed by atoms with E-state index >= 15 is 0 Å². The first-order valence-corrected chi connectivity index (χ1v) is 11.3. The van der Waals surface area contributed by atoms with E-state index in [2.05, 4.69) is 15.0 Å². The van der Waals surface area contributed by atoms with Gasteiger partial charge < -0.3 is 5.32 Å². The molecule has 0 saturated carbocycles. The van der Waals surface area contributed by atoms with Gasteiger partial charge in [-0.1, -0.05) is 24.3 Å². The number of carbonyl (C=O) groups is 1. The van der Waals surface area contributed by atoms with Gasteiger partial charge in [-0.15, -0.1) is 0 Å². The van der Waals surface area contributed by atoms with Crippen molar-refractivity contribution in [2.75, 3.05) is 10.0 Å². The fraction of sp³-hybridized carbons (Fsp3) is 0.300. The summed E-state index contributed by atoms with van der Waals surface area (Å²) in [6.07, 6.45) is 1.21. The molecule has 6 nitrogen and oxygen atoms in total. The minimum absolute atomic E-state index is 0.0762. The van der Waals surface area contributed by atoms with Crippen LogP contribution in [-0.2, 0) is 14.8 Å². The van der Waals surface area contributed by atoms with Gasteiger partial charge >= 0.3 is 0 Å². The van der Waals surface area contributed by atoms with E-state index in [0.717, 1.165) is 22.2 Å². The molecule has 148 valence electrons. The Balaban J connectivity index is 1.88. The Morgan fingerprint density at radius 1 is 1.07 bits per heavy atom. The molecule has 0 aliphatic rings. The van der Waals surface area contributed by atoms with Crippen molar-refractivity contribution >= 4 is 48.3 Å². The summed E-state index contributed by atoms with van der Waals surface area (Å²) in [5, 5.41) is 3.29. The molecule has 0 fully saturated rings. The maximum Gasteiger partial charge on any atom is 0.262 e. The highest BCUT2D eigenvalue weighted by Gasteiger charge is 2.18. The van der Waals surface area contributed by atoms with Crippen molar-refractivity contribution in [3.8, 4) is 0 Å². The van der Waals surface area contributed by atoms with Crippen LogP contribution in [0.2, 0.25) is 0 Å². The van der Waals surface area contributed by atoms with E-state index in [9.17, 15) is 13.2 Å². The van der Waals surface area contributed by atoms with Crippen LogP contribution in [0.4, 0.5) is 10.8 Å². The van der Waals surface area contributed by atoms with E-state index < -0.39 is 10.0 Å². The molecule has 0 atom stereocenters. The number of anilines is 2. The van der Waals surface area contributed by atoms with E-state index in [1.807, 2.05) is 26.8 Å².